The number of hydrazine groups is 1. The largest absolute Gasteiger partial charge is 0.263 e. The predicted octanol–water partition coefficient (Wildman–Crippen LogP) is 1.33. The highest BCUT2D eigenvalue weighted by Crippen LogP contribution is 2.29. The van der Waals surface area contributed by atoms with Gasteiger partial charge in [0.05, 0.1) is 6.04 Å². The molecule has 0 aliphatic carbocycles. The van der Waals surface area contributed by atoms with Crippen LogP contribution in [0.2, 0.25) is 0 Å². The molecule has 0 amide bonds. The van der Waals surface area contributed by atoms with Gasteiger partial charge in [-0.3, -0.25) is 10.4 Å². The first kappa shape index (κ1) is 10.2. The van der Waals surface area contributed by atoms with E-state index in [9.17, 15) is 0 Å². The first-order valence-corrected chi connectivity index (χ1v) is 5.20. The summed E-state index contributed by atoms with van der Waals surface area (Å²) >= 11 is 0. The van der Waals surface area contributed by atoms with Gasteiger partial charge >= 0.3 is 0 Å². The molecule has 0 bridgehead atoms. The van der Waals surface area contributed by atoms with E-state index in [1.165, 1.54) is 12.0 Å². The van der Waals surface area contributed by atoms with Gasteiger partial charge in [0.2, 0.25) is 0 Å². The Kier molecular flexibility index (Phi) is 3.00. The normalized spacial score (nSPS) is 21.5. The molecule has 2 rings (SSSR count). The number of nitrogens with zero attached hydrogens (tertiary/aromatic N) is 2. The van der Waals surface area contributed by atoms with Crippen LogP contribution in [0.15, 0.2) is 18.5 Å². The minimum Gasteiger partial charge on any atom is -0.263 e. The lowest BCUT2D eigenvalue weighted by molar-refractivity contribution is 0.190. The lowest BCUT2D eigenvalue weighted by Crippen LogP contribution is -2.34. The first-order chi connectivity index (χ1) is 7.35. The maximum atomic E-state index is 5.37. The lowest BCUT2D eigenvalue weighted by atomic mass is 10.1. The monoisotopic (exact) mass is 201 g/mol. The van der Waals surface area contributed by atoms with Gasteiger partial charge in [-0.15, -0.1) is 6.42 Å². The Labute approximate surface area is 90.5 Å². The molecule has 78 valence electrons. The fourth-order valence-corrected chi connectivity index (χ4v) is 2.10. The molecule has 1 aromatic rings. The van der Waals surface area contributed by atoms with E-state index in [0.29, 0.717) is 6.04 Å². The summed E-state index contributed by atoms with van der Waals surface area (Å²) in [5, 5.41) is 2.23. The molecule has 0 aromatic carbocycles. The Morgan fingerprint density at radius 2 is 2.47 bits per heavy atom. The smallest absolute Gasteiger partial charge is 0.0508 e. The lowest BCUT2D eigenvalue weighted by Gasteiger charge is -2.23. The summed E-state index contributed by atoms with van der Waals surface area (Å²) in [5.74, 6) is 2.62. The molecule has 0 unspecified atom stereocenters. The summed E-state index contributed by atoms with van der Waals surface area (Å²) in [7, 11) is 1.96. The van der Waals surface area contributed by atoms with Gasteiger partial charge in [0.15, 0.2) is 0 Å². The van der Waals surface area contributed by atoms with Crippen LogP contribution in [-0.2, 0) is 0 Å². The van der Waals surface area contributed by atoms with Gasteiger partial charge < -0.3 is 0 Å². The van der Waals surface area contributed by atoms with Crippen molar-refractivity contribution in [3.63, 3.8) is 0 Å². The van der Waals surface area contributed by atoms with E-state index < -0.39 is 0 Å². The second kappa shape index (κ2) is 4.43. The van der Waals surface area contributed by atoms with Gasteiger partial charge in [-0.25, -0.2) is 5.01 Å². The van der Waals surface area contributed by atoms with Crippen LogP contribution in [0.25, 0.3) is 0 Å². The van der Waals surface area contributed by atoms with E-state index in [2.05, 4.69) is 21.3 Å². The number of terminal acetylenes is 1. The first-order valence-electron chi connectivity index (χ1n) is 5.20. The minimum absolute atomic E-state index is 0.413. The van der Waals surface area contributed by atoms with Crippen LogP contribution in [0.5, 0.6) is 0 Å². The molecule has 2 heterocycles. The molecule has 1 aromatic heterocycles. The second-order valence-corrected chi connectivity index (χ2v) is 3.73. The van der Waals surface area contributed by atoms with Crippen molar-refractivity contribution < 1.29 is 0 Å². The van der Waals surface area contributed by atoms with E-state index >= 15 is 0 Å². The van der Waals surface area contributed by atoms with Gasteiger partial charge in [0.1, 0.15) is 0 Å². The molecule has 0 radical (unpaired) electrons. The maximum absolute atomic E-state index is 5.37. The van der Waals surface area contributed by atoms with Crippen molar-refractivity contribution in [2.75, 3.05) is 13.6 Å². The number of pyridine rings is 1. The molecular weight excluding hydrogens is 186 g/mol. The Hall–Kier alpha value is -1.37. The molecule has 1 N–H and O–H groups in total. The Morgan fingerprint density at radius 3 is 3.20 bits per heavy atom. The van der Waals surface area contributed by atoms with Crippen molar-refractivity contribution in [3.8, 4) is 12.3 Å². The summed E-state index contributed by atoms with van der Waals surface area (Å²) in [5.41, 5.74) is 5.27. The van der Waals surface area contributed by atoms with Crippen molar-refractivity contribution in [1.29, 1.82) is 0 Å². The molecule has 3 nitrogen and oxygen atoms in total. The topological polar surface area (TPSA) is 28.2 Å². The number of aromatic nitrogens is 1. The highest BCUT2D eigenvalue weighted by atomic mass is 15.5. The molecule has 1 aliphatic rings. The van der Waals surface area contributed by atoms with Crippen LogP contribution in [0.4, 0.5) is 0 Å². The average Bonchev–Trinajstić information content (AvgIpc) is 2.77. The van der Waals surface area contributed by atoms with Crippen LogP contribution in [-0.4, -0.2) is 23.6 Å². The minimum atomic E-state index is 0.413. The van der Waals surface area contributed by atoms with Crippen molar-refractivity contribution in [2.24, 2.45) is 0 Å². The second-order valence-electron chi connectivity index (χ2n) is 3.73. The standard InChI is InChI=1S/C12H15N3/c1-3-10-7-11(9-14-8-10)12-5-4-6-15(12)13-2/h1,7-9,12-13H,4-6H2,2H3/t12-/m1/s1. The zero-order chi connectivity index (χ0) is 10.7. The zero-order valence-corrected chi connectivity index (χ0v) is 8.90. The molecular formula is C12H15N3. The van der Waals surface area contributed by atoms with E-state index in [1.54, 1.807) is 6.20 Å². The van der Waals surface area contributed by atoms with E-state index in [4.69, 9.17) is 6.42 Å². The third-order valence-corrected chi connectivity index (χ3v) is 2.85. The number of hydrogen-bond acceptors (Lipinski definition) is 3. The third kappa shape index (κ3) is 2.01. The summed E-state index contributed by atoms with van der Waals surface area (Å²) in [4.78, 5) is 4.17. The SMILES string of the molecule is C#Cc1cncc([C@H]2CCCN2NC)c1. The van der Waals surface area contributed by atoms with Gasteiger partial charge in [-0.2, -0.15) is 0 Å². The van der Waals surface area contributed by atoms with Gasteiger partial charge in [-0.1, -0.05) is 5.92 Å². The van der Waals surface area contributed by atoms with Crippen molar-refractivity contribution in [1.82, 2.24) is 15.4 Å². The number of nitrogens with one attached hydrogen (secondary N) is 1. The third-order valence-electron chi connectivity index (χ3n) is 2.85. The number of rotatable bonds is 2. The quantitative estimate of drug-likeness (QED) is 0.732. The van der Waals surface area contributed by atoms with E-state index in [-0.39, 0.29) is 0 Å². The average molecular weight is 201 g/mol. The summed E-state index contributed by atoms with van der Waals surface area (Å²) in [6.07, 6.45) is 11.4. The summed E-state index contributed by atoms with van der Waals surface area (Å²) < 4.78 is 0. The van der Waals surface area contributed by atoms with Crippen molar-refractivity contribution in [2.45, 2.75) is 18.9 Å². The molecule has 1 saturated heterocycles. The van der Waals surface area contributed by atoms with E-state index in [1.807, 2.05) is 19.3 Å². The van der Waals surface area contributed by atoms with Gasteiger partial charge in [0.25, 0.3) is 0 Å². The van der Waals surface area contributed by atoms with Gasteiger partial charge in [-0.05, 0) is 31.5 Å². The van der Waals surface area contributed by atoms with Crippen LogP contribution >= 0.6 is 0 Å². The molecule has 1 atom stereocenters. The number of hydrogen-bond donors (Lipinski definition) is 1. The van der Waals surface area contributed by atoms with Crippen LogP contribution in [0.3, 0.4) is 0 Å². The molecule has 0 spiro atoms. The molecule has 3 heteroatoms. The molecule has 1 fully saturated rings. The maximum Gasteiger partial charge on any atom is 0.0508 e. The Morgan fingerprint density at radius 1 is 1.60 bits per heavy atom. The van der Waals surface area contributed by atoms with Crippen molar-refractivity contribution >= 4 is 0 Å². The molecule has 0 saturated carbocycles. The molecule has 15 heavy (non-hydrogen) atoms. The van der Waals surface area contributed by atoms with Crippen molar-refractivity contribution in [3.05, 3.63) is 29.6 Å². The van der Waals surface area contributed by atoms with Gasteiger partial charge in [0, 0.05) is 24.5 Å². The molecule has 1 aliphatic heterocycles. The summed E-state index contributed by atoms with van der Waals surface area (Å²) in [6, 6.07) is 2.46. The fraction of sp³-hybridized carbons (Fsp3) is 0.417. The zero-order valence-electron chi connectivity index (χ0n) is 8.90. The van der Waals surface area contributed by atoms with E-state index in [0.717, 1.165) is 18.5 Å². The highest BCUT2D eigenvalue weighted by Gasteiger charge is 2.24. The Balaban J connectivity index is 2.25. The Bertz CT molecular complexity index is 381. The summed E-state index contributed by atoms with van der Waals surface area (Å²) in [6.45, 7) is 1.08. The van der Waals surface area contributed by atoms with Crippen LogP contribution in [0.1, 0.15) is 30.0 Å². The fourth-order valence-electron chi connectivity index (χ4n) is 2.10. The van der Waals surface area contributed by atoms with Crippen LogP contribution in [0, 0.1) is 12.3 Å². The van der Waals surface area contributed by atoms with Crippen LogP contribution < -0.4 is 5.43 Å². The predicted molar refractivity (Wildman–Crippen MR) is 59.9 cm³/mol. The highest BCUT2D eigenvalue weighted by molar-refractivity contribution is 5.33.